The smallest absolute Gasteiger partial charge is 0.227 e. The minimum absolute atomic E-state index is 0.0124. The number of hydrogen-bond donors (Lipinski definition) is 1. The predicted octanol–water partition coefficient (Wildman–Crippen LogP) is 2.42. The molecule has 0 bridgehead atoms. The minimum atomic E-state index is 0.0124. The van der Waals surface area contributed by atoms with Gasteiger partial charge in [-0.3, -0.25) is 4.79 Å². The normalized spacial score (nSPS) is 19.5. The number of nitrogens with one attached hydrogen (secondary N) is 1. The summed E-state index contributed by atoms with van der Waals surface area (Å²) in [5.41, 5.74) is 2.27. The Morgan fingerprint density at radius 1 is 1.41 bits per heavy atom. The van der Waals surface area contributed by atoms with Crippen LogP contribution in [0.5, 0.6) is 5.75 Å². The first-order valence-electron chi connectivity index (χ1n) is 6.09. The average Bonchev–Trinajstić information content (AvgIpc) is 2.74. The molecule has 0 radical (unpaired) electrons. The van der Waals surface area contributed by atoms with Crippen LogP contribution in [0.2, 0.25) is 0 Å². The van der Waals surface area contributed by atoms with E-state index < -0.39 is 0 Å². The Balaban J connectivity index is 2.36. The lowest BCUT2D eigenvalue weighted by molar-refractivity contribution is -0.120. The molecular formula is C14H19NO2. The van der Waals surface area contributed by atoms with Crippen molar-refractivity contribution in [1.82, 2.24) is 5.32 Å². The lowest BCUT2D eigenvalue weighted by atomic mass is 9.92. The first kappa shape index (κ1) is 12.0. The third kappa shape index (κ3) is 2.28. The summed E-state index contributed by atoms with van der Waals surface area (Å²) in [4.78, 5) is 11.7. The van der Waals surface area contributed by atoms with Crippen molar-refractivity contribution >= 4 is 5.91 Å². The van der Waals surface area contributed by atoms with E-state index in [-0.39, 0.29) is 11.8 Å². The second-order valence-electron chi connectivity index (χ2n) is 4.79. The number of rotatable bonds is 3. The number of carbonyl (C=O) groups excluding carboxylic acids is 1. The van der Waals surface area contributed by atoms with Crippen molar-refractivity contribution in [2.45, 2.75) is 32.1 Å². The van der Waals surface area contributed by atoms with E-state index in [1.807, 2.05) is 12.1 Å². The van der Waals surface area contributed by atoms with Gasteiger partial charge < -0.3 is 10.1 Å². The standard InChI is InChI=1S/C14H19NO2/c1-9(2)12-8-10(4-5-13(12)17-3)11-6-7-15-14(11)16/h4-5,8-9,11H,6-7H2,1-3H3,(H,15,16). The molecule has 1 atom stereocenters. The summed E-state index contributed by atoms with van der Waals surface area (Å²) < 4.78 is 5.35. The summed E-state index contributed by atoms with van der Waals surface area (Å²) in [5, 5.41) is 2.88. The van der Waals surface area contributed by atoms with Crippen LogP contribution in [-0.2, 0) is 4.79 Å². The molecule has 0 spiro atoms. The number of ether oxygens (including phenoxy) is 1. The summed E-state index contributed by atoms with van der Waals surface area (Å²) in [7, 11) is 1.68. The molecule has 1 aliphatic rings. The van der Waals surface area contributed by atoms with Crippen LogP contribution in [0.4, 0.5) is 0 Å². The van der Waals surface area contributed by atoms with Crippen molar-refractivity contribution in [2.24, 2.45) is 0 Å². The van der Waals surface area contributed by atoms with Crippen LogP contribution in [0, 0.1) is 0 Å². The summed E-state index contributed by atoms with van der Waals surface area (Å²) in [6.45, 7) is 5.05. The van der Waals surface area contributed by atoms with E-state index in [2.05, 4.69) is 25.2 Å². The molecule has 92 valence electrons. The molecule has 1 unspecified atom stereocenters. The zero-order valence-corrected chi connectivity index (χ0v) is 10.6. The Kier molecular flexibility index (Phi) is 3.36. The number of carbonyl (C=O) groups is 1. The van der Waals surface area contributed by atoms with Crippen molar-refractivity contribution < 1.29 is 9.53 Å². The molecule has 1 aliphatic heterocycles. The van der Waals surface area contributed by atoms with E-state index in [4.69, 9.17) is 4.74 Å². The highest BCUT2D eigenvalue weighted by Crippen LogP contribution is 2.32. The predicted molar refractivity (Wildman–Crippen MR) is 67.5 cm³/mol. The van der Waals surface area contributed by atoms with Crippen molar-refractivity contribution in [2.75, 3.05) is 13.7 Å². The van der Waals surface area contributed by atoms with Gasteiger partial charge in [0, 0.05) is 6.54 Å². The quantitative estimate of drug-likeness (QED) is 0.870. The fourth-order valence-corrected chi connectivity index (χ4v) is 2.33. The lowest BCUT2D eigenvalue weighted by Gasteiger charge is -2.15. The van der Waals surface area contributed by atoms with Crippen LogP contribution < -0.4 is 10.1 Å². The molecule has 0 aromatic heterocycles. The lowest BCUT2D eigenvalue weighted by Crippen LogP contribution is -2.18. The zero-order valence-electron chi connectivity index (χ0n) is 10.6. The van der Waals surface area contributed by atoms with Crippen molar-refractivity contribution in [3.63, 3.8) is 0 Å². The second-order valence-corrected chi connectivity index (χ2v) is 4.79. The number of methoxy groups -OCH3 is 1. The largest absolute Gasteiger partial charge is 0.496 e. The molecule has 17 heavy (non-hydrogen) atoms. The summed E-state index contributed by atoms with van der Waals surface area (Å²) in [5.74, 6) is 1.46. The molecule has 1 heterocycles. The maximum Gasteiger partial charge on any atom is 0.227 e. The third-order valence-corrected chi connectivity index (χ3v) is 3.33. The van der Waals surface area contributed by atoms with Crippen LogP contribution in [0.25, 0.3) is 0 Å². The Morgan fingerprint density at radius 3 is 2.71 bits per heavy atom. The van der Waals surface area contributed by atoms with Crippen LogP contribution in [0.15, 0.2) is 18.2 Å². The van der Waals surface area contributed by atoms with Crippen molar-refractivity contribution in [3.8, 4) is 5.75 Å². The van der Waals surface area contributed by atoms with Crippen LogP contribution >= 0.6 is 0 Å². The van der Waals surface area contributed by atoms with Crippen LogP contribution in [-0.4, -0.2) is 19.6 Å². The molecule has 1 amide bonds. The number of hydrogen-bond acceptors (Lipinski definition) is 2. The first-order valence-corrected chi connectivity index (χ1v) is 6.09. The number of amides is 1. The molecule has 1 aromatic carbocycles. The van der Waals surface area contributed by atoms with Gasteiger partial charge in [0.1, 0.15) is 5.75 Å². The summed E-state index contributed by atoms with van der Waals surface area (Å²) in [6.07, 6.45) is 0.892. The van der Waals surface area contributed by atoms with Gasteiger partial charge >= 0.3 is 0 Å². The highest BCUT2D eigenvalue weighted by molar-refractivity contribution is 5.85. The third-order valence-electron chi connectivity index (χ3n) is 3.33. The van der Waals surface area contributed by atoms with Crippen molar-refractivity contribution in [1.29, 1.82) is 0 Å². The molecule has 2 rings (SSSR count). The van der Waals surface area contributed by atoms with E-state index >= 15 is 0 Å². The van der Waals surface area contributed by atoms with Gasteiger partial charge in [0.15, 0.2) is 0 Å². The van der Waals surface area contributed by atoms with E-state index in [1.165, 1.54) is 5.56 Å². The Morgan fingerprint density at radius 2 is 2.18 bits per heavy atom. The number of benzene rings is 1. The van der Waals surface area contributed by atoms with E-state index in [0.29, 0.717) is 5.92 Å². The van der Waals surface area contributed by atoms with Crippen LogP contribution in [0.1, 0.15) is 43.2 Å². The van der Waals surface area contributed by atoms with Gasteiger partial charge in [-0.05, 0) is 29.5 Å². The molecule has 1 saturated heterocycles. The molecule has 3 nitrogen and oxygen atoms in total. The Hall–Kier alpha value is -1.51. The summed E-state index contributed by atoms with van der Waals surface area (Å²) in [6, 6.07) is 6.08. The van der Waals surface area contributed by atoms with Gasteiger partial charge in [0.05, 0.1) is 13.0 Å². The van der Waals surface area contributed by atoms with E-state index in [9.17, 15) is 4.79 Å². The molecular weight excluding hydrogens is 214 g/mol. The average molecular weight is 233 g/mol. The highest BCUT2D eigenvalue weighted by atomic mass is 16.5. The Bertz CT molecular complexity index is 426. The first-order chi connectivity index (χ1) is 8.13. The van der Waals surface area contributed by atoms with E-state index in [1.54, 1.807) is 7.11 Å². The maximum absolute atomic E-state index is 11.7. The van der Waals surface area contributed by atoms with Gasteiger partial charge in [-0.15, -0.1) is 0 Å². The topological polar surface area (TPSA) is 38.3 Å². The second kappa shape index (κ2) is 4.78. The van der Waals surface area contributed by atoms with Gasteiger partial charge in [0.25, 0.3) is 0 Å². The fourth-order valence-electron chi connectivity index (χ4n) is 2.33. The zero-order chi connectivity index (χ0) is 12.4. The van der Waals surface area contributed by atoms with Gasteiger partial charge in [-0.25, -0.2) is 0 Å². The minimum Gasteiger partial charge on any atom is -0.496 e. The molecule has 0 aliphatic carbocycles. The van der Waals surface area contributed by atoms with Crippen LogP contribution in [0.3, 0.4) is 0 Å². The molecule has 1 N–H and O–H groups in total. The molecule has 0 saturated carbocycles. The molecule has 1 aromatic rings. The highest BCUT2D eigenvalue weighted by Gasteiger charge is 2.26. The maximum atomic E-state index is 11.7. The monoisotopic (exact) mass is 233 g/mol. The molecule has 1 fully saturated rings. The Labute approximate surface area is 102 Å². The van der Waals surface area contributed by atoms with Gasteiger partial charge in [0.2, 0.25) is 5.91 Å². The summed E-state index contributed by atoms with van der Waals surface area (Å²) >= 11 is 0. The van der Waals surface area contributed by atoms with Crippen molar-refractivity contribution in [3.05, 3.63) is 29.3 Å². The van der Waals surface area contributed by atoms with Gasteiger partial charge in [-0.1, -0.05) is 26.0 Å². The molecule has 3 heteroatoms. The van der Waals surface area contributed by atoms with E-state index in [0.717, 1.165) is 24.3 Å². The SMILES string of the molecule is COc1ccc(C2CCNC2=O)cc1C(C)C. The van der Waals surface area contributed by atoms with Gasteiger partial charge in [-0.2, -0.15) is 0 Å². The fraction of sp³-hybridized carbons (Fsp3) is 0.500.